The Balaban J connectivity index is 2.86. The van der Waals surface area contributed by atoms with Gasteiger partial charge in [-0.3, -0.25) is 9.59 Å². The second kappa shape index (κ2) is 6.55. The molecule has 0 spiro atoms. The lowest BCUT2D eigenvalue weighted by molar-refractivity contribution is -0.140. The highest BCUT2D eigenvalue weighted by Gasteiger charge is 2.22. The average molecular weight is 279 g/mol. The Morgan fingerprint density at radius 1 is 1.35 bits per heavy atom. The molecular weight excluding hydrogens is 262 g/mol. The summed E-state index contributed by atoms with van der Waals surface area (Å²) in [6.07, 6.45) is -0.450. The molecule has 0 saturated heterocycles. The molecule has 0 aliphatic heterocycles. The molecule has 108 valence electrons. The topological polar surface area (TPSA) is 113 Å². The van der Waals surface area contributed by atoms with Gasteiger partial charge in [-0.1, -0.05) is 6.07 Å². The highest BCUT2D eigenvalue weighted by Crippen LogP contribution is 2.13. The molecule has 0 bridgehead atoms. The summed E-state index contributed by atoms with van der Waals surface area (Å²) in [6, 6.07) is 5.36. The Kier molecular flexibility index (Phi) is 5.08. The Morgan fingerprint density at radius 3 is 2.50 bits per heavy atom. The fourth-order valence-electron chi connectivity index (χ4n) is 1.57. The normalized spacial score (nSPS) is 11.5. The first-order valence-corrected chi connectivity index (χ1v) is 5.90. The molecule has 0 aromatic heterocycles. The molecule has 20 heavy (non-hydrogen) atoms. The molecule has 1 aromatic rings. The van der Waals surface area contributed by atoms with E-state index < -0.39 is 30.2 Å². The summed E-state index contributed by atoms with van der Waals surface area (Å²) in [5, 5.41) is 11.2. The number of benzene rings is 1. The first kappa shape index (κ1) is 15.5. The zero-order chi connectivity index (χ0) is 15.3. The van der Waals surface area contributed by atoms with Crippen molar-refractivity contribution in [3.63, 3.8) is 0 Å². The molecule has 0 unspecified atom stereocenters. The molecule has 4 N–H and O–H groups in total. The summed E-state index contributed by atoms with van der Waals surface area (Å²) in [5.41, 5.74) is 6.07. The van der Waals surface area contributed by atoms with Crippen molar-refractivity contribution < 1.29 is 19.5 Å². The lowest BCUT2D eigenvalue weighted by Crippen LogP contribution is -2.43. The minimum atomic E-state index is -1.33. The van der Waals surface area contributed by atoms with Crippen LogP contribution in [0.4, 0.5) is 5.69 Å². The van der Waals surface area contributed by atoms with Crippen LogP contribution in [0, 0.1) is 0 Å². The Bertz CT molecular complexity index is 528. The van der Waals surface area contributed by atoms with Crippen LogP contribution in [0.5, 0.6) is 0 Å². The first-order valence-electron chi connectivity index (χ1n) is 5.90. The summed E-state index contributed by atoms with van der Waals surface area (Å²) >= 11 is 0. The minimum absolute atomic E-state index is 0.312. The highest BCUT2D eigenvalue weighted by molar-refractivity contribution is 5.98. The van der Waals surface area contributed by atoms with E-state index in [4.69, 9.17) is 10.8 Å². The maximum Gasteiger partial charge on any atom is 0.326 e. The van der Waals surface area contributed by atoms with Crippen molar-refractivity contribution in [3.8, 4) is 0 Å². The maximum atomic E-state index is 12.0. The SMILES string of the molecule is CN(C)c1cccc(C(=O)N[C@@H](CC(N)=O)C(=O)O)c1. The average Bonchev–Trinajstić information content (AvgIpc) is 2.37. The van der Waals surface area contributed by atoms with Gasteiger partial charge in [-0.05, 0) is 18.2 Å². The molecule has 7 heteroatoms. The fourth-order valence-corrected chi connectivity index (χ4v) is 1.57. The van der Waals surface area contributed by atoms with E-state index >= 15 is 0 Å². The van der Waals surface area contributed by atoms with Crippen molar-refractivity contribution in [2.24, 2.45) is 5.73 Å². The van der Waals surface area contributed by atoms with Crippen molar-refractivity contribution in [2.45, 2.75) is 12.5 Å². The van der Waals surface area contributed by atoms with E-state index in [-0.39, 0.29) is 0 Å². The number of nitrogens with zero attached hydrogens (tertiary/aromatic N) is 1. The number of hydrogen-bond acceptors (Lipinski definition) is 4. The fraction of sp³-hybridized carbons (Fsp3) is 0.308. The quantitative estimate of drug-likeness (QED) is 0.668. The van der Waals surface area contributed by atoms with Gasteiger partial charge in [0.1, 0.15) is 6.04 Å². The van der Waals surface area contributed by atoms with Crippen molar-refractivity contribution in [1.29, 1.82) is 0 Å². The van der Waals surface area contributed by atoms with Crippen LogP contribution in [0.1, 0.15) is 16.8 Å². The number of primary amides is 1. The van der Waals surface area contributed by atoms with E-state index in [1.54, 1.807) is 18.2 Å². The van der Waals surface area contributed by atoms with E-state index in [1.807, 2.05) is 25.1 Å². The summed E-state index contributed by atoms with van der Waals surface area (Å²) in [4.78, 5) is 35.5. The number of nitrogens with one attached hydrogen (secondary N) is 1. The second-order valence-electron chi connectivity index (χ2n) is 4.48. The van der Waals surface area contributed by atoms with Gasteiger partial charge in [0.15, 0.2) is 0 Å². The van der Waals surface area contributed by atoms with Gasteiger partial charge in [0.25, 0.3) is 5.91 Å². The van der Waals surface area contributed by atoms with Crippen LogP contribution in [-0.2, 0) is 9.59 Å². The number of aliphatic carboxylic acids is 1. The number of nitrogens with two attached hydrogens (primary N) is 1. The number of hydrogen-bond donors (Lipinski definition) is 3. The molecule has 0 heterocycles. The van der Waals surface area contributed by atoms with E-state index in [9.17, 15) is 14.4 Å². The van der Waals surface area contributed by atoms with Crippen LogP contribution in [0.15, 0.2) is 24.3 Å². The molecule has 1 atom stereocenters. The van der Waals surface area contributed by atoms with Gasteiger partial charge >= 0.3 is 5.97 Å². The van der Waals surface area contributed by atoms with E-state index in [0.29, 0.717) is 5.56 Å². The Morgan fingerprint density at radius 2 is 2.00 bits per heavy atom. The molecule has 0 fully saturated rings. The second-order valence-corrected chi connectivity index (χ2v) is 4.48. The molecule has 7 nitrogen and oxygen atoms in total. The first-order chi connectivity index (χ1) is 9.31. The van der Waals surface area contributed by atoms with Crippen LogP contribution in [0.2, 0.25) is 0 Å². The molecule has 2 amide bonds. The van der Waals surface area contributed by atoms with E-state index in [1.165, 1.54) is 0 Å². The van der Waals surface area contributed by atoms with Crippen molar-refractivity contribution in [2.75, 3.05) is 19.0 Å². The van der Waals surface area contributed by atoms with Crippen molar-refractivity contribution in [1.82, 2.24) is 5.32 Å². The van der Waals surface area contributed by atoms with Gasteiger partial charge in [-0.2, -0.15) is 0 Å². The van der Waals surface area contributed by atoms with E-state index in [0.717, 1.165) is 5.69 Å². The van der Waals surface area contributed by atoms with Crippen LogP contribution in [0.3, 0.4) is 0 Å². The summed E-state index contributed by atoms with van der Waals surface area (Å²) < 4.78 is 0. The van der Waals surface area contributed by atoms with Crippen molar-refractivity contribution in [3.05, 3.63) is 29.8 Å². The third-order valence-electron chi connectivity index (χ3n) is 2.63. The Hall–Kier alpha value is -2.57. The minimum Gasteiger partial charge on any atom is -0.480 e. The number of carbonyl (C=O) groups excluding carboxylic acids is 2. The van der Waals surface area contributed by atoms with Gasteiger partial charge in [-0.25, -0.2) is 4.79 Å². The predicted molar refractivity (Wildman–Crippen MR) is 73.5 cm³/mol. The van der Waals surface area contributed by atoms with Gasteiger partial charge in [0, 0.05) is 25.3 Å². The van der Waals surface area contributed by atoms with Crippen LogP contribution >= 0.6 is 0 Å². The zero-order valence-corrected chi connectivity index (χ0v) is 11.3. The number of amides is 2. The molecule has 0 radical (unpaired) electrons. The number of rotatable bonds is 6. The van der Waals surface area contributed by atoms with Gasteiger partial charge < -0.3 is 21.1 Å². The summed E-state index contributed by atoms with van der Waals surface area (Å²) in [6.45, 7) is 0. The molecule has 0 saturated carbocycles. The standard InChI is InChI=1S/C13H17N3O4/c1-16(2)9-5-3-4-8(6-9)12(18)15-10(13(19)20)7-11(14)17/h3-6,10H,7H2,1-2H3,(H2,14,17)(H,15,18)(H,19,20)/t10-/m0/s1. The molecule has 0 aliphatic rings. The number of carboxylic acids is 1. The molecule has 1 aromatic carbocycles. The lowest BCUT2D eigenvalue weighted by atomic mass is 10.1. The Labute approximate surface area is 116 Å². The van der Waals surface area contributed by atoms with Crippen LogP contribution in [0.25, 0.3) is 0 Å². The van der Waals surface area contributed by atoms with Gasteiger partial charge in [-0.15, -0.1) is 0 Å². The number of carboxylic acid groups (broad SMARTS) is 1. The van der Waals surface area contributed by atoms with Crippen LogP contribution in [-0.4, -0.2) is 43.0 Å². The predicted octanol–water partition coefficient (Wildman–Crippen LogP) is -0.189. The smallest absolute Gasteiger partial charge is 0.326 e. The summed E-state index contributed by atoms with van der Waals surface area (Å²) in [5.74, 6) is -2.66. The number of anilines is 1. The molecule has 0 aliphatic carbocycles. The monoisotopic (exact) mass is 279 g/mol. The highest BCUT2D eigenvalue weighted by atomic mass is 16.4. The third kappa shape index (κ3) is 4.27. The molecular formula is C13H17N3O4. The molecule has 1 rings (SSSR count). The van der Waals surface area contributed by atoms with Gasteiger partial charge in [0.05, 0.1) is 6.42 Å². The van der Waals surface area contributed by atoms with Crippen LogP contribution < -0.4 is 16.0 Å². The summed E-state index contributed by atoms with van der Waals surface area (Å²) in [7, 11) is 3.65. The third-order valence-corrected chi connectivity index (χ3v) is 2.63. The number of carbonyl (C=O) groups is 3. The lowest BCUT2D eigenvalue weighted by Gasteiger charge is -2.15. The van der Waals surface area contributed by atoms with E-state index in [2.05, 4.69) is 5.32 Å². The van der Waals surface area contributed by atoms with Crippen molar-refractivity contribution >= 4 is 23.5 Å². The largest absolute Gasteiger partial charge is 0.480 e. The maximum absolute atomic E-state index is 12.0. The zero-order valence-electron chi connectivity index (χ0n) is 11.3. The van der Waals surface area contributed by atoms with Gasteiger partial charge in [0.2, 0.25) is 5.91 Å².